The van der Waals surface area contributed by atoms with Crippen molar-refractivity contribution in [2.75, 3.05) is 13.7 Å². The zero-order chi connectivity index (χ0) is 9.56. The highest BCUT2D eigenvalue weighted by molar-refractivity contribution is 5.70. The Kier molecular flexibility index (Phi) is 5.72. The Hall–Kier alpha value is -0.570. The molecule has 0 N–H and O–H groups in total. The average Bonchev–Trinajstić information content (AvgIpc) is 1.84. The van der Waals surface area contributed by atoms with Crippen molar-refractivity contribution in [3.05, 3.63) is 0 Å². The fourth-order valence-corrected chi connectivity index (χ4v) is 1.09. The summed E-state index contributed by atoms with van der Waals surface area (Å²) in [6.45, 7) is 6.14. The van der Waals surface area contributed by atoms with Crippen LogP contribution in [0.1, 0.15) is 27.2 Å². The van der Waals surface area contributed by atoms with Gasteiger partial charge in [-0.1, -0.05) is 13.8 Å². The molecule has 3 nitrogen and oxygen atoms in total. The predicted octanol–water partition coefficient (Wildman–Crippen LogP) is 1.61. The largest absolute Gasteiger partial charge is 0.461 e. The lowest BCUT2D eigenvalue weighted by Crippen LogP contribution is -2.19. The van der Waals surface area contributed by atoms with E-state index in [9.17, 15) is 4.79 Å². The van der Waals surface area contributed by atoms with Crippen LogP contribution in [-0.2, 0) is 14.3 Å². The van der Waals surface area contributed by atoms with Crippen LogP contribution in [0.3, 0.4) is 0 Å². The van der Waals surface area contributed by atoms with E-state index in [0.717, 1.165) is 6.42 Å². The van der Waals surface area contributed by atoms with Crippen LogP contribution in [0.5, 0.6) is 0 Å². The number of carbonyl (C=O) groups excluding carboxylic acids is 1. The van der Waals surface area contributed by atoms with E-state index in [4.69, 9.17) is 4.74 Å². The summed E-state index contributed by atoms with van der Waals surface area (Å²) in [6, 6.07) is 0. The molecule has 0 rings (SSSR count). The van der Waals surface area contributed by atoms with Crippen LogP contribution < -0.4 is 0 Å². The van der Waals surface area contributed by atoms with Gasteiger partial charge in [0.15, 0.2) is 0 Å². The molecule has 0 aromatic carbocycles. The van der Waals surface area contributed by atoms with E-state index in [-0.39, 0.29) is 18.7 Å². The van der Waals surface area contributed by atoms with Crippen LogP contribution in [0, 0.1) is 5.92 Å². The third-order valence-corrected chi connectivity index (χ3v) is 1.40. The number of carbonyl (C=O) groups is 1. The smallest absolute Gasteiger partial charge is 0.332 e. The van der Waals surface area contributed by atoms with Crippen LogP contribution in [0.15, 0.2) is 0 Å². The molecule has 72 valence electrons. The van der Waals surface area contributed by atoms with Gasteiger partial charge in [0.05, 0.1) is 6.10 Å². The standard InChI is InChI=1S/C9H18O3/c1-7(2)5-8(3)12-9(10)6-11-4/h7-8H,5-6H2,1-4H3. The van der Waals surface area contributed by atoms with Gasteiger partial charge < -0.3 is 9.47 Å². The molecule has 0 aliphatic rings. The molecule has 12 heavy (non-hydrogen) atoms. The van der Waals surface area contributed by atoms with Gasteiger partial charge in [-0.2, -0.15) is 0 Å². The molecule has 3 heteroatoms. The number of esters is 1. The molecule has 0 bridgehead atoms. The second-order valence-electron chi connectivity index (χ2n) is 3.36. The molecule has 0 amide bonds. The van der Waals surface area contributed by atoms with E-state index in [0.29, 0.717) is 5.92 Å². The normalized spacial score (nSPS) is 13.1. The maximum absolute atomic E-state index is 10.9. The SMILES string of the molecule is COCC(=O)OC(C)CC(C)C. The number of hydrogen-bond acceptors (Lipinski definition) is 3. The highest BCUT2D eigenvalue weighted by atomic mass is 16.6. The molecular formula is C9H18O3. The van der Waals surface area contributed by atoms with E-state index >= 15 is 0 Å². The molecule has 0 spiro atoms. The fraction of sp³-hybridized carbons (Fsp3) is 0.889. The Morgan fingerprint density at radius 1 is 1.33 bits per heavy atom. The summed E-state index contributed by atoms with van der Waals surface area (Å²) in [5, 5.41) is 0. The minimum absolute atomic E-state index is 0.00681. The Balaban J connectivity index is 3.54. The van der Waals surface area contributed by atoms with Crippen molar-refractivity contribution in [2.24, 2.45) is 5.92 Å². The lowest BCUT2D eigenvalue weighted by atomic mass is 10.1. The lowest BCUT2D eigenvalue weighted by Gasteiger charge is -2.14. The van der Waals surface area contributed by atoms with Crippen LogP contribution in [0.25, 0.3) is 0 Å². The maximum Gasteiger partial charge on any atom is 0.332 e. The molecule has 0 aliphatic heterocycles. The zero-order valence-corrected chi connectivity index (χ0v) is 8.29. The quantitative estimate of drug-likeness (QED) is 0.594. The van der Waals surface area contributed by atoms with Gasteiger partial charge in [0.1, 0.15) is 6.61 Å². The van der Waals surface area contributed by atoms with Crippen molar-refractivity contribution < 1.29 is 14.3 Å². The molecule has 0 fully saturated rings. The molecule has 1 unspecified atom stereocenters. The Morgan fingerprint density at radius 3 is 2.33 bits per heavy atom. The molecule has 1 atom stereocenters. The van der Waals surface area contributed by atoms with E-state index < -0.39 is 0 Å². The van der Waals surface area contributed by atoms with Crippen molar-refractivity contribution in [3.63, 3.8) is 0 Å². The molecule has 0 aliphatic carbocycles. The van der Waals surface area contributed by atoms with Gasteiger partial charge in [-0.05, 0) is 19.3 Å². The molecule has 0 radical (unpaired) electrons. The third kappa shape index (κ3) is 6.16. The van der Waals surface area contributed by atoms with Gasteiger partial charge in [-0.25, -0.2) is 4.79 Å². The highest BCUT2D eigenvalue weighted by Crippen LogP contribution is 2.07. The molecule has 0 heterocycles. The summed E-state index contributed by atoms with van der Waals surface area (Å²) in [6.07, 6.45) is 0.891. The third-order valence-electron chi connectivity index (χ3n) is 1.40. The Labute approximate surface area is 74.0 Å². The summed E-state index contributed by atoms with van der Waals surface area (Å²) >= 11 is 0. The molecule has 0 saturated heterocycles. The van der Waals surface area contributed by atoms with E-state index in [1.165, 1.54) is 7.11 Å². The molecule has 0 aromatic rings. The van der Waals surface area contributed by atoms with Gasteiger partial charge >= 0.3 is 5.97 Å². The fourth-order valence-electron chi connectivity index (χ4n) is 1.09. The second-order valence-corrected chi connectivity index (χ2v) is 3.36. The first-order valence-electron chi connectivity index (χ1n) is 4.24. The molecule has 0 saturated carbocycles. The summed E-state index contributed by atoms with van der Waals surface area (Å²) in [4.78, 5) is 10.9. The van der Waals surface area contributed by atoms with Crippen LogP contribution >= 0.6 is 0 Å². The minimum atomic E-state index is -0.286. The van der Waals surface area contributed by atoms with Gasteiger partial charge in [-0.15, -0.1) is 0 Å². The molecular weight excluding hydrogens is 156 g/mol. The van der Waals surface area contributed by atoms with E-state index in [1.54, 1.807) is 0 Å². The summed E-state index contributed by atoms with van der Waals surface area (Å²) in [5.74, 6) is 0.265. The van der Waals surface area contributed by atoms with Crippen molar-refractivity contribution >= 4 is 5.97 Å². The number of rotatable bonds is 5. The van der Waals surface area contributed by atoms with Crippen LogP contribution in [0.2, 0.25) is 0 Å². The number of ether oxygens (including phenoxy) is 2. The van der Waals surface area contributed by atoms with Gasteiger partial charge in [-0.3, -0.25) is 0 Å². The van der Waals surface area contributed by atoms with Gasteiger partial charge in [0.2, 0.25) is 0 Å². The van der Waals surface area contributed by atoms with Gasteiger partial charge in [0, 0.05) is 7.11 Å². The average molecular weight is 174 g/mol. The maximum atomic E-state index is 10.9. The monoisotopic (exact) mass is 174 g/mol. The zero-order valence-electron chi connectivity index (χ0n) is 8.29. The second kappa shape index (κ2) is 6.00. The first-order valence-corrected chi connectivity index (χ1v) is 4.24. The number of hydrogen-bond donors (Lipinski definition) is 0. The predicted molar refractivity (Wildman–Crippen MR) is 46.9 cm³/mol. The highest BCUT2D eigenvalue weighted by Gasteiger charge is 2.10. The lowest BCUT2D eigenvalue weighted by molar-refractivity contribution is -0.153. The Bertz CT molecular complexity index is 132. The summed E-state index contributed by atoms with van der Waals surface area (Å²) in [5.41, 5.74) is 0. The van der Waals surface area contributed by atoms with Gasteiger partial charge in [0.25, 0.3) is 0 Å². The van der Waals surface area contributed by atoms with E-state index in [1.807, 2.05) is 6.92 Å². The number of methoxy groups -OCH3 is 1. The first kappa shape index (κ1) is 11.4. The van der Waals surface area contributed by atoms with Crippen molar-refractivity contribution in [1.29, 1.82) is 0 Å². The summed E-state index contributed by atoms with van der Waals surface area (Å²) in [7, 11) is 1.48. The van der Waals surface area contributed by atoms with Crippen LogP contribution in [-0.4, -0.2) is 25.8 Å². The van der Waals surface area contributed by atoms with Crippen molar-refractivity contribution in [3.8, 4) is 0 Å². The van der Waals surface area contributed by atoms with E-state index in [2.05, 4.69) is 18.6 Å². The first-order chi connectivity index (χ1) is 5.56. The Morgan fingerprint density at radius 2 is 1.92 bits per heavy atom. The minimum Gasteiger partial charge on any atom is -0.461 e. The topological polar surface area (TPSA) is 35.5 Å². The summed E-state index contributed by atoms with van der Waals surface area (Å²) < 4.78 is 9.67. The van der Waals surface area contributed by atoms with Crippen LogP contribution in [0.4, 0.5) is 0 Å². The van der Waals surface area contributed by atoms with Crippen molar-refractivity contribution in [2.45, 2.75) is 33.3 Å². The molecule has 0 aromatic heterocycles. The van der Waals surface area contributed by atoms with Crippen molar-refractivity contribution in [1.82, 2.24) is 0 Å².